The number of rotatable bonds is 12. The van der Waals surface area contributed by atoms with Crippen molar-refractivity contribution in [3.05, 3.63) is 0 Å². The van der Waals surface area contributed by atoms with Crippen molar-refractivity contribution < 1.29 is 4.79 Å². The molecule has 1 saturated heterocycles. The van der Waals surface area contributed by atoms with Crippen molar-refractivity contribution in [3.63, 3.8) is 0 Å². The van der Waals surface area contributed by atoms with Crippen LogP contribution in [0, 0.1) is 0 Å². The number of hydrogen-bond acceptors (Lipinski definition) is 4. The first-order valence-electron chi connectivity index (χ1n) is 11.7. The molecule has 0 spiro atoms. The minimum atomic E-state index is 0.338. The second-order valence-electron chi connectivity index (χ2n) is 7.92. The first kappa shape index (κ1) is 24.4. The quantitative estimate of drug-likeness (QED) is 0.453. The van der Waals surface area contributed by atoms with Crippen LogP contribution in [0.15, 0.2) is 0 Å². The number of hydrogen-bond donors (Lipinski definition) is 3. The molecule has 1 rings (SSSR count). The Morgan fingerprint density at radius 2 is 1.04 bits per heavy atom. The predicted molar refractivity (Wildman–Crippen MR) is 116 cm³/mol. The van der Waals surface area contributed by atoms with E-state index in [0.717, 1.165) is 65.2 Å². The summed E-state index contributed by atoms with van der Waals surface area (Å²) in [4.78, 5) is 14.6. The van der Waals surface area contributed by atoms with Gasteiger partial charge in [-0.25, -0.2) is 0 Å². The summed E-state index contributed by atoms with van der Waals surface area (Å²) in [6, 6.07) is 0. The molecule has 1 fully saturated rings. The summed E-state index contributed by atoms with van der Waals surface area (Å²) in [6.07, 6.45) is 15.3. The smallest absolute Gasteiger partial charge is 0.222 e. The van der Waals surface area contributed by atoms with E-state index < -0.39 is 0 Å². The number of nitrogens with one attached hydrogen (secondary N) is 3. The molecule has 0 atom stereocenters. The minimum Gasteiger partial charge on any atom is -0.340 e. The van der Waals surface area contributed by atoms with Crippen molar-refractivity contribution in [1.29, 1.82) is 0 Å². The maximum atomic E-state index is 12.5. The topological polar surface area (TPSA) is 56.4 Å². The van der Waals surface area contributed by atoms with Gasteiger partial charge in [-0.1, -0.05) is 71.1 Å². The van der Waals surface area contributed by atoms with Gasteiger partial charge in [0, 0.05) is 58.8 Å². The highest BCUT2D eigenvalue weighted by Gasteiger charge is 2.12. The monoisotopic (exact) mass is 382 g/mol. The van der Waals surface area contributed by atoms with Crippen LogP contribution in [-0.2, 0) is 4.79 Å². The molecule has 0 saturated carbocycles. The number of amides is 1. The molecule has 0 aromatic carbocycles. The zero-order chi connectivity index (χ0) is 19.4. The molecule has 0 aliphatic carbocycles. The average molecular weight is 383 g/mol. The van der Waals surface area contributed by atoms with Crippen molar-refractivity contribution in [2.24, 2.45) is 0 Å². The Kier molecular flexibility index (Phi) is 16.9. The maximum absolute atomic E-state index is 12.5. The third-order valence-electron chi connectivity index (χ3n) is 5.42. The summed E-state index contributed by atoms with van der Waals surface area (Å²) in [5, 5.41) is 10.2. The van der Waals surface area contributed by atoms with Crippen molar-refractivity contribution in [3.8, 4) is 0 Å². The first-order valence-corrected chi connectivity index (χ1v) is 11.7. The van der Waals surface area contributed by atoms with Gasteiger partial charge in [0.2, 0.25) is 5.91 Å². The van der Waals surface area contributed by atoms with Gasteiger partial charge in [-0.05, 0) is 6.42 Å². The van der Waals surface area contributed by atoms with Crippen molar-refractivity contribution >= 4 is 5.91 Å². The van der Waals surface area contributed by atoms with Gasteiger partial charge in [-0.15, -0.1) is 0 Å². The van der Waals surface area contributed by atoms with E-state index in [1.165, 1.54) is 64.2 Å². The van der Waals surface area contributed by atoms with E-state index in [4.69, 9.17) is 0 Å². The summed E-state index contributed by atoms with van der Waals surface area (Å²) in [6.45, 7) is 9.66. The van der Waals surface area contributed by atoms with E-state index in [2.05, 4.69) is 22.9 Å². The molecule has 27 heavy (non-hydrogen) atoms. The lowest BCUT2D eigenvalue weighted by Gasteiger charge is -2.24. The molecule has 3 N–H and O–H groups in total. The molecule has 0 aromatic heterocycles. The van der Waals surface area contributed by atoms with Crippen LogP contribution in [0.25, 0.3) is 0 Å². The van der Waals surface area contributed by atoms with E-state index >= 15 is 0 Å². The molecule has 160 valence electrons. The van der Waals surface area contributed by atoms with Gasteiger partial charge < -0.3 is 20.9 Å². The van der Waals surface area contributed by atoms with Gasteiger partial charge in [0.1, 0.15) is 0 Å². The lowest BCUT2D eigenvalue weighted by molar-refractivity contribution is -0.131. The Bertz CT molecular complexity index is 326. The normalized spacial score (nSPS) is 17.3. The summed E-state index contributed by atoms with van der Waals surface area (Å²) >= 11 is 0. The van der Waals surface area contributed by atoms with Gasteiger partial charge >= 0.3 is 0 Å². The van der Waals surface area contributed by atoms with Crippen LogP contribution < -0.4 is 16.0 Å². The van der Waals surface area contributed by atoms with Gasteiger partial charge in [0.15, 0.2) is 0 Å². The SMILES string of the molecule is CCCCCCCCCCCCCC(=O)N1CCNCCNCCNCC1. The van der Waals surface area contributed by atoms with Crippen LogP contribution in [0.5, 0.6) is 0 Å². The minimum absolute atomic E-state index is 0.338. The van der Waals surface area contributed by atoms with Crippen LogP contribution in [0.1, 0.15) is 84.0 Å². The molecular formula is C22H46N4O. The molecule has 1 aliphatic rings. The summed E-state index contributed by atoms with van der Waals surface area (Å²) < 4.78 is 0. The predicted octanol–water partition coefficient (Wildman–Crippen LogP) is 3.30. The Morgan fingerprint density at radius 3 is 1.52 bits per heavy atom. The van der Waals surface area contributed by atoms with Crippen LogP contribution in [0.2, 0.25) is 0 Å². The molecule has 1 aliphatic heterocycles. The summed E-state index contributed by atoms with van der Waals surface area (Å²) in [7, 11) is 0. The number of carbonyl (C=O) groups excluding carboxylic acids is 1. The van der Waals surface area contributed by atoms with Gasteiger partial charge in [-0.2, -0.15) is 0 Å². The highest BCUT2D eigenvalue weighted by atomic mass is 16.2. The van der Waals surface area contributed by atoms with Crippen molar-refractivity contribution in [1.82, 2.24) is 20.9 Å². The fourth-order valence-corrected chi connectivity index (χ4v) is 3.62. The van der Waals surface area contributed by atoms with Gasteiger partial charge in [-0.3, -0.25) is 4.79 Å². The van der Waals surface area contributed by atoms with Crippen molar-refractivity contribution in [2.75, 3.05) is 52.4 Å². The summed E-state index contributed by atoms with van der Waals surface area (Å²) in [5.41, 5.74) is 0. The lowest BCUT2D eigenvalue weighted by Crippen LogP contribution is -2.44. The van der Waals surface area contributed by atoms with Crippen LogP contribution in [-0.4, -0.2) is 63.2 Å². The number of unbranched alkanes of at least 4 members (excludes halogenated alkanes) is 10. The van der Waals surface area contributed by atoms with Gasteiger partial charge in [0.25, 0.3) is 0 Å². The van der Waals surface area contributed by atoms with Crippen LogP contribution in [0.3, 0.4) is 0 Å². The molecule has 0 radical (unpaired) electrons. The second-order valence-corrected chi connectivity index (χ2v) is 7.92. The fourth-order valence-electron chi connectivity index (χ4n) is 3.62. The number of nitrogens with zero attached hydrogens (tertiary/aromatic N) is 1. The highest BCUT2D eigenvalue weighted by molar-refractivity contribution is 5.76. The first-order chi connectivity index (χ1) is 13.3. The Morgan fingerprint density at radius 1 is 0.630 bits per heavy atom. The zero-order valence-corrected chi connectivity index (χ0v) is 18.0. The Balaban J connectivity index is 2.02. The van der Waals surface area contributed by atoms with E-state index in [1.54, 1.807) is 0 Å². The molecule has 1 amide bonds. The van der Waals surface area contributed by atoms with E-state index in [-0.39, 0.29) is 0 Å². The molecule has 1 heterocycles. The molecule has 0 unspecified atom stereocenters. The molecule has 0 bridgehead atoms. The van der Waals surface area contributed by atoms with E-state index in [1.807, 2.05) is 4.90 Å². The molecule has 5 heteroatoms. The van der Waals surface area contributed by atoms with Crippen LogP contribution >= 0.6 is 0 Å². The van der Waals surface area contributed by atoms with Gasteiger partial charge in [0.05, 0.1) is 0 Å². The molecule has 5 nitrogen and oxygen atoms in total. The molecule has 0 aromatic rings. The Hall–Kier alpha value is -0.650. The second kappa shape index (κ2) is 18.7. The van der Waals surface area contributed by atoms with Crippen LogP contribution in [0.4, 0.5) is 0 Å². The largest absolute Gasteiger partial charge is 0.340 e. The van der Waals surface area contributed by atoms with Crippen molar-refractivity contribution in [2.45, 2.75) is 84.0 Å². The number of carbonyl (C=O) groups is 1. The standard InChI is InChI=1S/C22H46N4O/c1-2-3-4-5-6-7-8-9-10-11-12-13-22(27)26-20-18-24-16-14-23-15-17-25-19-21-26/h23-25H,2-21H2,1H3. The maximum Gasteiger partial charge on any atom is 0.222 e. The highest BCUT2D eigenvalue weighted by Crippen LogP contribution is 2.12. The molecular weight excluding hydrogens is 336 g/mol. The Labute approximate surface area is 168 Å². The van der Waals surface area contributed by atoms with E-state index in [0.29, 0.717) is 5.91 Å². The zero-order valence-electron chi connectivity index (χ0n) is 18.0. The van der Waals surface area contributed by atoms with E-state index in [9.17, 15) is 4.79 Å². The third kappa shape index (κ3) is 15.0. The summed E-state index contributed by atoms with van der Waals surface area (Å²) in [5.74, 6) is 0.338. The third-order valence-corrected chi connectivity index (χ3v) is 5.42. The lowest BCUT2D eigenvalue weighted by atomic mass is 10.1. The average Bonchev–Trinajstić information content (AvgIpc) is 2.66. The fraction of sp³-hybridized carbons (Fsp3) is 0.955.